The van der Waals surface area contributed by atoms with E-state index in [0.29, 0.717) is 5.02 Å². The molecule has 1 N–H and O–H groups in total. The molecule has 0 unspecified atom stereocenters. The second kappa shape index (κ2) is 6.32. The molecular weight excluding hydrogens is 336 g/mol. The average molecular weight is 348 g/mol. The molecule has 0 aliphatic rings. The van der Waals surface area contributed by atoms with E-state index in [1.165, 1.54) is 0 Å². The summed E-state index contributed by atoms with van der Waals surface area (Å²) in [7, 11) is -3.77. The first-order chi connectivity index (χ1) is 9.79. The van der Waals surface area contributed by atoms with Gasteiger partial charge in [-0.3, -0.25) is 0 Å². The van der Waals surface area contributed by atoms with Gasteiger partial charge in [-0.15, -0.1) is 0 Å². The molecule has 0 atom stereocenters. The van der Waals surface area contributed by atoms with Crippen LogP contribution in [0.3, 0.4) is 0 Å². The van der Waals surface area contributed by atoms with Gasteiger partial charge >= 0.3 is 0 Å². The first-order valence-corrected chi connectivity index (χ1v) is 8.23. The van der Waals surface area contributed by atoms with Crippen LogP contribution in [0.25, 0.3) is 0 Å². The topological polar surface area (TPSA) is 46.2 Å². The zero-order valence-electron chi connectivity index (χ0n) is 11.0. The van der Waals surface area contributed by atoms with E-state index in [1.807, 2.05) is 6.92 Å². The van der Waals surface area contributed by atoms with Crippen molar-refractivity contribution in [3.63, 3.8) is 0 Å². The SMILES string of the molecule is Cc1ccc(Cl)cc1CNS(=O)(=O)c1ccc(F)c(Cl)c1. The van der Waals surface area contributed by atoms with E-state index >= 15 is 0 Å². The molecule has 0 heterocycles. The molecular formula is C14H12Cl2FNO2S. The van der Waals surface area contributed by atoms with Crippen LogP contribution in [-0.4, -0.2) is 8.42 Å². The van der Waals surface area contributed by atoms with Crippen molar-refractivity contribution in [3.05, 3.63) is 63.4 Å². The Balaban J connectivity index is 2.21. The van der Waals surface area contributed by atoms with Crippen molar-refractivity contribution < 1.29 is 12.8 Å². The highest BCUT2D eigenvalue weighted by Crippen LogP contribution is 2.20. The number of hydrogen-bond acceptors (Lipinski definition) is 2. The van der Waals surface area contributed by atoms with Crippen LogP contribution < -0.4 is 4.72 Å². The van der Waals surface area contributed by atoms with Gasteiger partial charge in [0.2, 0.25) is 10.0 Å². The standard InChI is InChI=1S/C14H12Cl2FNO2S/c1-9-2-3-11(15)6-10(9)8-18-21(19,20)12-4-5-14(17)13(16)7-12/h2-7,18H,8H2,1H3. The Bertz CT molecular complexity index is 779. The molecule has 0 saturated heterocycles. The summed E-state index contributed by atoms with van der Waals surface area (Å²) in [4.78, 5) is -0.0893. The molecule has 0 fully saturated rings. The second-order valence-electron chi connectivity index (χ2n) is 4.47. The van der Waals surface area contributed by atoms with Crippen LogP contribution in [-0.2, 0) is 16.6 Å². The normalized spacial score (nSPS) is 11.6. The Hall–Kier alpha value is -1.14. The van der Waals surface area contributed by atoms with Crippen LogP contribution >= 0.6 is 23.2 Å². The monoisotopic (exact) mass is 347 g/mol. The molecule has 112 valence electrons. The van der Waals surface area contributed by atoms with E-state index < -0.39 is 15.8 Å². The molecule has 2 rings (SSSR count). The Morgan fingerprint density at radius 1 is 1.14 bits per heavy atom. The summed E-state index contributed by atoms with van der Waals surface area (Å²) >= 11 is 11.5. The van der Waals surface area contributed by atoms with Gasteiger partial charge < -0.3 is 0 Å². The molecule has 0 bridgehead atoms. The molecule has 3 nitrogen and oxygen atoms in total. The van der Waals surface area contributed by atoms with Crippen LogP contribution in [0.5, 0.6) is 0 Å². The minimum absolute atomic E-state index is 0.0870. The number of nitrogens with one attached hydrogen (secondary N) is 1. The zero-order chi connectivity index (χ0) is 15.6. The van der Waals surface area contributed by atoms with Gasteiger partial charge in [0.15, 0.2) is 0 Å². The van der Waals surface area contributed by atoms with Crippen molar-refractivity contribution in [2.45, 2.75) is 18.4 Å². The van der Waals surface area contributed by atoms with Crippen LogP contribution in [0.15, 0.2) is 41.3 Å². The third kappa shape index (κ3) is 3.95. The van der Waals surface area contributed by atoms with E-state index in [1.54, 1.807) is 18.2 Å². The summed E-state index contributed by atoms with van der Waals surface area (Å²) in [6, 6.07) is 8.48. The Morgan fingerprint density at radius 2 is 1.86 bits per heavy atom. The third-order valence-electron chi connectivity index (χ3n) is 2.97. The first kappa shape index (κ1) is 16.2. The predicted molar refractivity (Wildman–Crippen MR) is 81.6 cm³/mol. The lowest BCUT2D eigenvalue weighted by Crippen LogP contribution is -2.23. The zero-order valence-corrected chi connectivity index (χ0v) is 13.4. The quantitative estimate of drug-likeness (QED) is 0.910. The molecule has 0 aliphatic carbocycles. The molecule has 0 radical (unpaired) electrons. The van der Waals surface area contributed by atoms with Gasteiger partial charge in [0.25, 0.3) is 0 Å². The lowest BCUT2D eigenvalue weighted by atomic mass is 10.1. The first-order valence-electron chi connectivity index (χ1n) is 5.99. The maximum atomic E-state index is 13.1. The number of sulfonamides is 1. The Labute approximate surface area is 132 Å². The highest BCUT2D eigenvalue weighted by Gasteiger charge is 2.16. The van der Waals surface area contributed by atoms with Crippen LogP contribution in [0, 0.1) is 12.7 Å². The molecule has 2 aromatic rings. The van der Waals surface area contributed by atoms with Crippen molar-refractivity contribution in [3.8, 4) is 0 Å². The maximum Gasteiger partial charge on any atom is 0.240 e. The van der Waals surface area contributed by atoms with Gasteiger partial charge in [0, 0.05) is 11.6 Å². The second-order valence-corrected chi connectivity index (χ2v) is 7.08. The summed E-state index contributed by atoms with van der Waals surface area (Å²) in [5, 5.41) is 0.288. The molecule has 2 aromatic carbocycles. The molecule has 21 heavy (non-hydrogen) atoms. The van der Waals surface area contributed by atoms with Crippen molar-refractivity contribution in [1.29, 1.82) is 0 Å². The highest BCUT2D eigenvalue weighted by molar-refractivity contribution is 7.89. The molecule has 0 saturated carbocycles. The van der Waals surface area contributed by atoms with Gasteiger partial charge in [0.1, 0.15) is 5.82 Å². The number of halogens is 3. The van der Waals surface area contributed by atoms with E-state index in [4.69, 9.17) is 23.2 Å². The summed E-state index contributed by atoms with van der Waals surface area (Å²) < 4.78 is 39.8. The van der Waals surface area contributed by atoms with Crippen molar-refractivity contribution in [2.75, 3.05) is 0 Å². The van der Waals surface area contributed by atoms with Crippen LogP contribution in [0.4, 0.5) is 4.39 Å². The van der Waals surface area contributed by atoms with Crippen LogP contribution in [0.2, 0.25) is 10.0 Å². The smallest absolute Gasteiger partial charge is 0.207 e. The number of rotatable bonds is 4. The fourth-order valence-electron chi connectivity index (χ4n) is 1.73. The summed E-state index contributed by atoms with van der Waals surface area (Å²) in [6.45, 7) is 1.94. The molecule has 7 heteroatoms. The Morgan fingerprint density at radius 3 is 2.52 bits per heavy atom. The summed E-state index contributed by atoms with van der Waals surface area (Å²) in [5.41, 5.74) is 1.68. The van der Waals surface area contributed by atoms with Gasteiger partial charge in [0.05, 0.1) is 9.92 Å². The minimum Gasteiger partial charge on any atom is -0.207 e. The largest absolute Gasteiger partial charge is 0.240 e. The number of benzene rings is 2. The Kier molecular flexibility index (Phi) is 4.88. The fourth-order valence-corrected chi connectivity index (χ4v) is 3.20. The van der Waals surface area contributed by atoms with Crippen LogP contribution in [0.1, 0.15) is 11.1 Å². The number of hydrogen-bond donors (Lipinski definition) is 1. The van der Waals surface area contributed by atoms with Gasteiger partial charge in [-0.1, -0.05) is 29.3 Å². The predicted octanol–water partition coefficient (Wildman–Crippen LogP) is 3.92. The minimum atomic E-state index is -3.77. The van der Waals surface area contributed by atoms with Crippen molar-refractivity contribution in [1.82, 2.24) is 4.72 Å². The number of aryl methyl sites for hydroxylation is 1. The molecule has 0 spiro atoms. The van der Waals surface area contributed by atoms with Gasteiger partial charge in [-0.05, 0) is 48.4 Å². The fraction of sp³-hybridized carbons (Fsp3) is 0.143. The summed E-state index contributed by atoms with van der Waals surface area (Å²) in [6.07, 6.45) is 0. The van der Waals surface area contributed by atoms with Gasteiger partial charge in [-0.2, -0.15) is 0 Å². The third-order valence-corrected chi connectivity index (χ3v) is 4.89. The van der Waals surface area contributed by atoms with E-state index in [2.05, 4.69) is 4.72 Å². The lowest BCUT2D eigenvalue weighted by Gasteiger charge is -2.10. The summed E-state index contributed by atoms with van der Waals surface area (Å²) in [5.74, 6) is -0.665. The van der Waals surface area contributed by atoms with E-state index in [9.17, 15) is 12.8 Å². The average Bonchev–Trinajstić information content (AvgIpc) is 2.43. The van der Waals surface area contributed by atoms with Gasteiger partial charge in [-0.25, -0.2) is 17.5 Å². The maximum absolute atomic E-state index is 13.1. The lowest BCUT2D eigenvalue weighted by molar-refractivity contribution is 0.580. The molecule has 0 amide bonds. The van der Waals surface area contributed by atoms with Crippen molar-refractivity contribution in [2.24, 2.45) is 0 Å². The van der Waals surface area contributed by atoms with E-state index in [0.717, 1.165) is 29.3 Å². The highest BCUT2D eigenvalue weighted by atomic mass is 35.5. The molecule has 0 aromatic heterocycles. The van der Waals surface area contributed by atoms with E-state index in [-0.39, 0.29) is 16.5 Å². The van der Waals surface area contributed by atoms with Crippen molar-refractivity contribution >= 4 is 33.2 Å². The molecule has 0 aliphatic heterocycles.